The van der Waals surface area contributed by atoms with E-state index in [0.717, 1.165) is 13.0 Å². The molecule has 2 unspecified atom stereocenters. The van der Waals surface area contributed by atoms with Gasteiger partial charge in [-0.2, -0.15) is 0 Å². The Hall–Kier alpha value is -1.09. The fourth-order valence-corrected chi connectivity index (χ4v) is 3.21. The topological polar surface area (TPSA) is 28.2 Å². The zero-order valence-electron chi connectivity index (χ0n) is 13.9. The largest absolute Gasteiger partial charge is 0.368 e. The van der Waals surface area contributed by atoms with E-state index >= 15 is 0 Å². The van der Waals surface area contributed by atoms with Crippen molar-refractivity contribution >= 4 is 5.69 Å². The second-order valence-corrected chi connectivity index (χ2v) is 6.25. The average Bonchev–Trinajstić information content (AvgIpc) is 2.73. The molecule has 0 saturated carbocycles. The predicted octanol–water partition coefficient (Wildman–Crippen LogP) is 4.30. The fraction of sp³-hybridized carbons (Fsp3) is 0.722. The predicted molar refractivity (Wildman–Crippen MR) is 90.8 cm³/mol. The molecule has 1 aromatic heterocycles. The van der Waals surface area contributed by atoms with Crippen LogP contribution in [0.4, 0.5) is 5.69 Å². The van der Waals surface area contributed by atoms with E-state index in [9.17, 15) is 0 Å². The highest BCUT2D eigenvalue weighted by Gasteiger charge is 2.18. The summed E-state index contributed by atoms with van der Waals surface area (Å²) in [6.45, 7) is 9.01. The van der Waals surface area contributed by atoms with Gasteiger partial charge in [0, 0.05) is 18.6 Å². The molecule has 1 aliphatic rings. The van der Waals surface area contributed by atoms with Gasteiger partial charge in [-0.05, 0) is 51.3 Å². The lowest BCUT2D eigenvalue weighted by atomic mass is 10.1. The van der Waals surface area contributed by atoms with E-state index in [1.54, 1.807) is 0 Å². The first kappa shape index (κ1) is 16.3. The van der Waals surface area contributed by atoms with E-state index in [0.29, 0.717) is 12.1 Å². The Bertz CT molecular complexity index is 401. The first-order valence-corrected chi connectivity index (χ1v) is 8.72. The van der Waals surface area contributed by atoms with E-state index < -0.39 is 0 Å². The molecule has 1 N–H and O–H groups in total. The highest BCUT2D eigenvalue weighted by atomic mass is 15.2. The monoisotopic (exact) mass is 289 g/mol. The minimum atomic E-state index is 0.389. The van der Waals surface area contributed by atoms with E-state index in [2.05, 4.69) is 49.3 Å². The molecule has 0 amide bonds. The van der Waals surface area contributed by atoms with Gasteiger partial charge in [-0.15, -0.1) is 0 Å². The molecule has 2 atom stereocenters. The van der Waals surface area contributed by atoms with Crippen LogP contribution in [-0.2, 0) is 0 Å². The van der Waals surface area contributed by atoms with E-state index in [4.69, 9.17) is 4.98 Å². The number of aromatic nitrogens is 1. The van der Waals surface area contributed by atoms with Crippen LogP contribution in [0.25, 0.3) is 0 Å². The van der Waals surface area contributed by atoms with Crippen LogP contribution in [0, 0.1) is 0 Å². The van der Waals surface area contributed by atoms with Crippen molar-refractivity contribution in [1.82, 2.24) is 10.3 Å². The summed E-state index contributed by atoms with van der Waals surface area (Å²) >= 11 is 0. The van der Waals surface area contributed by atoms with Crippen molar-refractivity contribution in [3.63, 3.8) is 0 Å². The maximum Gasteiger partial charge on any atom is 0.0574 e. The second-order valence-electron chi connectivity index (χ2n) is 6.25. The summed E-state index contributed by atoms with van der Waals surface area (Å²) in [4.78, 5) is 7.27. The smallest absolute Gasteiger partial charge is 0.0574 e. The zero-order valence-corrected chi connectivity index (χ0v) is 13.9. The van der Waals surface area contributed by atoms with E-state index in [1.165, 1.54) is 50.0 Å². The lowest BCUT2D eigenvalue weighted by molar-refractivity contribution is 0.507. The molecule has 1 saturated heterocycles. The van der Waals surface area contributed by atoms with Gasteiger partial charge in [-0.3, -0.25) is 4.98 Å². The molecule has 118 valence electrons. The SMILES string of the molecule is CCCNC(CC)c1ccc(N2CCCCCC2C)cn1. The zero-order chi connectivity index (χ0) is 15.1. The molecule has 2 heterocycles. The molecular weight excluding hydrogens is 258 g/mol. The van der Waals surface area contributed by atoms with Crippen LogP contribution in [0.1, 0.15) is 71.0 Å². The first-order chi connectivity index (χ1) is 10.3. The highest BCUT2D eigenvalue weighted by Crippen LogP contribution is 2.24. The van der Waals surface area contributed by atoms with Crippen molar-refractivity contribution < 1.29 is 0 Å². The third-order valence-corrected chi connectivity index (χ3v) is 4.56. The van der Waals surface area contributed by atoms with Crippen molar-refractivity contribution in [2.24, 2.45) is 0 Å². The molecule has 0 aromatic carbocycles. The summed E-state index contributed by atoms with van der Waals surface area (Å²) in [6, 6.07) is 5.51. The van der Waals surface area contributed by atoms with Crippen LogP contribution in [0.3, 0.4) is 0 Å². The maximum atomic E-state index is 4.74. The third kappa shape index (κ3) is 4.44. The summed E-state index contributed by atoms with van der Waals surface area (Å²) in [5, 5.41) is 3.58. The number of hydrogen-bond donors (Lipinski definition) is 1. The van der Waals surface area contributed by atoms with Crippen molar-refractivity contribution in [3.05, 3.63) is 24.0 Å². The molecule has 3 heteroatoms. The van der Waals surface area contributed by atoms with Gasteiger partial charge in [-0.1, -0.05) is 26.7 Å². The molecule has 0 bridgehead atoms. The van der Waals surface area contributed by atoms with Gasteiger partial charge in [-0.25, -0.2) is 0 Å². The Balaban J connectivity index is 2.06. The Kier molecular flexibility index (Phi) is 6.50. The van der Waals surface area contributed by atoms with Gasteiger partial charge < -0.3 is 10.2 Å². The number of nitrogens with zero attached hydrogens (tertiary/aromatic N) is 2. The third-order valence-electron chi connectivity index (χ3n) is 4.56. The number of hydrogen-bond acceptors (Lipinski definition) is 3. The number of pyridine rings is 1. The van der Waals surface area contributed by atoms with Gasteiger partial charge in [0.05, 0.1) is 17.6 Å². The average molecular weight is 289 g/mol. The Morgan fingerprint density at radius 2 is 2.14 bits per heavy atom. The van der Waals surface area contributed by atoms with Gasteiger partial charge in [0.1, 0.15) is 0 Å². The summed E-state index contributed by atoms with van der Waals surface area (Å²) in [5.74, 6) is 0. The van der Waals surface area contributed by atoms with E-state index in [-0.39, 0.29) is 0 Å². The summed E-state index contributed by atoms with van der Waals surface area (Å²) in [6.07, 6.45) is 9.67. The van der Waals surface area contributed by atoms with Crippen molar-refractivity contribution in [1.29, 1.82) is 0 Å². The molecule has 1 aromatic rings. The molecule has 3 nitrogen and oxygen atoms in total. The standard InChI is InChI=1S/C18H31N3/c1-4-12-19-17(5-2)18-11-10-16(14-20-18)21-13-8-6-7-9-15(21)3/h10-11,14-15,17,19H,4-9,12-13H2,1-3H3. The summed E-state index contributed by atoms with van der Waals surface area (Å²) < 4.78 is 0. The Morgan fingerprint density at radius 1 is 1.29 bits per heavy atom. The Morgan fingerprint density at radius 3 is 2.81 bits per heavy atom. The van der Waals surface area contributed by atoms with Crippen LogP contribution in [0.2, 0.25) is 0 Å². The molecule has 0 radical (unpaired) electrons. The van der Waals surface area contributed by atoms with Crippen molar-refractivity contribution in [3.8, 4) is 0 Å². The number of nitrogens with one attached hydrogen (secondary N) is 1. The number of anilines is 1. The fourth-order valence-electron chi connectivity index (χ4n) is 3.21. The molecule has 0 spiro atoms. The Labute approximate surface area is 130 Å². The molecular formula is C18H31N3. The second kappa shape index (κ2) is 8.38. The van der Waals surface area contributed by atoms with Crippen LogP contribution < -0.4 is 10.2 Å². The first-order valence-electron chi connectivity index (χ1n) is 8.72. The van der Waals surface area contributed by atoms with Crippen LogP contribution in [0.5, 0.6) is 0 Å². The van der Waals surface area contributed by atoms with Gasteiger partial charge in [0.25, 0.3) is 0 Å². The highest BCUT2D eigenvalue weighted by molar-refractivity contribution is 5.46. The lowest BCUT2D eigenvalue weighted by Crippen LogP contribution is -2.32. The van der Waals surface area contributed by atoms with Crippen LogP contribution in [0.15, 0.2) is 18.3 Å². The van der Waals surface area contributed by atoms with Crippen LogP contribution >= 0.6 is 0 Å². The van der Waals surface area contributed by atoms with Crippen molar-refractivity contribution in [2.45, 2.75) is 71.4 Å². The van der Waals surface area contributed by atoms with E-state index in [1.807, 2.05) is 0 Å². The molecule has 1 aliphatic heterocycles. The minimum absolute atomic E-state index is 0.389. The molecule has 1 fully saturated rings. The minimum Gasteiger partial charge on any atom is -0.368 e. The molecule has 2 rings (SSSR count). The molecule has 0 aliphatic carbocycles. The van der Waals surface area contributed by atoms with Crippen molar-refractivity contribution in [2.75, 3.05) is 18.0 Å². The maximum absolute atomic E-state index is 4.74. The van der Waals surface area contributed by atoms with Gasteiger partial charge in [0.2, 0.25) is 0 Å². The summed E-state index contributed by atoms with van der Waals surface area (Å²) in [7, 11) is 0. The summed E-state index contributed by atoms with van der Waals surface area (Å²) in [5.41, 5.74) is 2.47. The number of rotatable bonds is 6. The normalized spacial score (nSPS) is 21.1. The van der Waals surface area contributed by atoms with Crippen LogP contribution in [-0.4, -0.2) is 24.1 Å². The van der Waals surface area contributed by atoms with Gasteiger partial charge >= 0.3 is 0 Å². The molecule has 21 heavy (non-hydrogen) atoms. The van der Waals surface area contributed by atoms with Gasteiger partial charge in [0.15, 0.2) is 0 Å². The lowest BCUT2D eigenvalue weighted by Gasteiger charge is -2.29. The quantitative estimate of drug-likeness (QED) is 0.846.